The zero-order chi connectivity index (χ0) is 17.6. The van der Waals surface area contributed by atoms with Crippen LogP contribution in [0.1, 0.15) is 39.2 Å². The Morgan fingerprint density at radius 3 is 2.50 bits per heavy atom. The van der Waals surface area contributed by atoms with Crippen LogP contribution in [0.5, 0.6) is 11.5 Å². The number of carbonyl (C=O) groups is 2. The van der Waals surface area contributed by atoms with E-state index in [1.54, 1.807) is 0 Å². The number of nitrogens with one attached hydrogen (secondary N) is 2. The molecule has 0 fully saturated rings. The third kappa shape index (κ3) is 4.88. The van der Waals surface area contributed by atoms with E-state index in [9.17, 15) is 9.59 Å². The highest BCUT2D eigenvalue weighted by molar-refractivity contribution is 5.84. The maximum Gasteiger partial charge on any atom is 0.239 e. The van der Waals surface area contributed by atoms with Crippen molar-refractivity contribution in [2.75, 3.05) is 26.3 Å². The Bertz CT molecular complexity index is 599. The number of hydrogen-bond donors (Lipinski definition) is 2. The minimum Gasteiger partial charge on any atom is -0.486 e. The summed E-state index contributed by atoms with van der Waals surface area (Å²) in [5.41, 5.74) is 0.793. The number of carbonyl (C=O) groups excluding carboxylic acids is 2. The summed E-state index contributed by atoms with van der Waals surface area (Å²) >= 11 is 0. The van der Waals surface area contributed by atoms with E-state index >= 15 is 0 Å². The number of amides is 2. The summed E-state index contributed by atoms with van der Waals surface area (Å²) in [6.07, 6.45) is 1.21. The lowest BCUT2D eigenvalue weighted by molar-refractivity contribution is -0.126. The number of fused-ring (bicyclic) bond motifs is 1. The van der Waals surface area contributed by atoms with Gasteiger partial charge in [-0.2, -0.15) is 0 Å². The average Bonchev–Trinajstić information content (AvgIpc) is 2.58. The summed E-state index contributed by atoms with van der Waals surface area (Å²) in [4.78, 5) is 23.3. The minimum absolute atomic E-state index is 0.00997. The number of rotatable bonds is 7. The minimum atomic E-state index is -0.265. The summed E-state index contributed by atoms with van der Waals surface area (Å²) in [6.45, 7) is 7.62. The largest absolute Gasteiger partial charge is 0.486 e. The smallest absolute Gasteiger partial charge is 0.239 e. The van der Waals surface area contributed by atoms with Gasteiger partial charge in [-0.3, -0.25) is 9.59 Å². The van der Waals surface area contributed by atoms with E-state index in [0.717, 1.165) is 23.5 Å². The van der Waals surface area contributed by atoms with Crippen molar-refractivity contribution in [2.45, 2.75) is 39.0 Å². The second kappa shape index (κ2) is 8.04. The quantitative estimate of drug-likeness (QED) is 0.797. The van der Waals surface area contributed by atoms with E-state index < -0.39 is 0 Å². The molecule has 1 aliphatic rings. The van der Waals surface area contributed by atoms with Crippen LogP contribution >= 0.6 is 0 Å². The van der Waals surface area contributed by atoms with Crippen LogP contribution < -0.4 is 20.1 Å². The number of ether oxygens (including phenoxy) is 2. The SMILES string of the molecule is CCCC(=O)NCC(=O)NCC(C)(C)c1ccc2c(c1)OCCO2. The molecule has 0 radical (unpaired) electrons. The van der Waals surface area contributed by atoms with Crippen LogP contribution in [0.15, 0.2) is 18.2 Å². The van der Waals surface area contributed by atoms with Crippen molar-refractivity contribution in [1.82, 2.24) is 10.6 Å². The van der Waals surface area contributed by atoms with Crippen molar-refractivity contribution in [2.24, 2.45) is 0 Å². The molecule has 0 saturated carbocycles. The molecule has 1 aromatic carbocycles. The van der Waals surface area contributed by atoms with Crippen molar-refractivity contribution in [3.63, 3.8) is 0 Å². The van der Waals surface area contributed by atoms with E-state index in [2.05, 4.69) is 10.6 Å². The van der Waals surface area contributed by atoms with Gasteiger partial charge in [-0.05, 0) is 24.1 Å². The van der Waals surface area contributed by atoms with Crippen LogP contribution in [-0.4, -0.2) is 38.1 Å². The van der Waals surface area contributed by atoms with E-state index in [-0.39, 0.29) is 23.8 Å². The summed E-state index contributed by atoms with van der Waals surface area (Å²) in [7, 11) is 0. The molecule has 2 amide bonds. The van der Waals surface area contributed by atoms with Crippen molar-refractivity contribution in [3.8, 4) is 11.5 Å². The average molecular weight is 334 g/mol. The predicted octanol–water partition coefficient (Wildman–Crippen LogP) is 1.77. The van der Waals surface area contributed by atoms with Crippen LogP contribution in [0.3, 0.4) is 0 Å². The van der Waals surface area contributed by atoms with E-state index in [1.807, 2.05) is 39.0 Å². The zero-order valence-corrected chi connectivity index (χ0v) is 14.6. The summed E-state index contributed by atoms with van der Waals surface area (Å²) in [5.74, 6) is 1.21. The Balaban J connectivity index is 1.89. The Morgan fingerprint density at radius 1 is 1.08 bits per heavy atom. The first-order valence-electron chi connectivity index (χ1n) is 8.36. The highest BCUT2D eigenvalue weighted by Crippen LogP contribution is 2.34. The molecule has 132 valence electrons. The van der Waals surface area contributed by atoms with Crippen molar-refractivity contribution >= 4 is 11.8 Å². The van der Waals surface area contributed by atoms with Crippen LogP contribution in [-0.2, 0) is 15.0 Å². The summed E-state index contributed by atoms with van der Waals surface area (Å²) < 4.78 is 11.1. The van der Waals surface area contributed by atoms with Gasteiger partial charge in [0.2, 0.25) is 11.8 Å². The fourth-order valence-corrected chi connectivity index (χ4v) is 2.44. The molecule has 2 rings (SSSR count). The maximum absolute atomic E-state index is 11.9. The molecular weight excluding hydrogens is 308 g/mol. The van der Waals surface area contributed by atoms with Gasteiger partial charge in [-0.15, -0.1) is 0 Å². The molecule has 1 aromatic rings. The van der Waals surface area contributed by atoms with E-state index in [0.29, 0.717) is 26.2 Å². The molecule has 2 N–H and O–H groups in total. The molecule has 6 nitrogen and oxygen atoms in total. The molecule has 0 saturated heterocycles. The fourth-order valence-electron chi connectivity index (χ4n) is 2.44. The van der Waals surface area contributed by atoms with Gasteiger partial charge in [0.25, 0.3) is 0 Å². The van der Waals surface area contributed by atoms with Crippen molar-refractivity contribution in [1.29, 1.82) is 0 Å². The lowest BCUT2D eigenvalue weighted by Crippen LogP contribution is -2.42. The van der Waals surface area contributed by atoms with Gasteiger partial charge in [-0.25, -0.2) is 0 Å². The Hall–Kier alpha value is -2.24. The highest BCUT2D eigenvalue weighted by Gasteiger charge is 2.24. The normalized spacial score (nSPS) is 13.3. The van der Waals surface area contributed by atoms with Gasteiger partial charge < -0.3 is 20.1 Å². The second-order valence-corrected chi connectivity index (χ2v) is 6.55. The van der Waals surface area contributed by atoms with Crippen molar-refractivity contribution < 1.29 is 19.1 Å². The van der Waals surface area contributed by atoms with Crippen LogP contribution in [0.25, 0.3) is 0 Å². The van der Waals surface area contributed by atoms with Crippen LogP contribution in [0, 0.1) is 0 Å². The molecule has 0 aliphatic carbocycles. The van der Waals surface area contributed by atoms with Gasteiger partial charge in [-0.1, -0.05) is 26.8 Å². The van der Waals surface area contributed by atoms with Crippen LogP contribution in [0.2, 0.25) is 0 Å². The molecule has 0 atom stereocenters. The topological polar surface area (TPSA) is 76.7 Å². The second-order valence-electron chi connectivity index (χ2n) is 6.55. The van der Waals surface area contributed by atoms with Gasteiger partial charge in [0.05, 0.1) is 6.54 Å². The first-order chi connectivity index (χ1) is 11.4. The molecule has 6 heteroatoms. The maximum atomic E-state index is 11.9. The highest BCUT2D eigenvalue weighted by atomic mass is 16.6. The van der Waals surface area contributed by atoms with E-state index in [1.165, 1.54) is 0 Å². The predicted molar refractivity (Wildman–Crippen MR) is 91.4 cm³/mol. The molecule has 1 aliphatic heterocycles. The third-order valence-electron chi connectivity index (χ3n) is 3.97. The molecule has 0 unspecified atom stereocenters. The monoisotopic (exact) mass is 334 g/mol. The summed E-state index contributed by atoms with van der Waals surface area (Å²) in [5, 5.41) is 5.49. The Kier molecular flexibility index (Phi) is 6.06. The van der Waals surface area contributed by atoms with Gasteiger partial charge in [0.1, 0.15) is 13.2 Å². The van der Waals surface area contributed by atoms with Crippen LogP contribution in [0.4, 0.5) is 0 Å². The molecule has 0 bridgehead atoms. The Morgan fingerprint density at radius 2 is 1.79 bits per heavy atom. The van der Waals surface area contributed by atoms with Gasteiger partial charge in [0, 0.05) is 18.4 Å². The van der Waals surface area contributed by atoms with Gasteiger partial charge in [0.15, 0.2) is 11.5 Å². The van der Waals surface area contributed by atoms with Gasteiger partial charge >= 0.3 is 0 Å². The molecule has 0 aromatic heterocycles. The lowest BCUT2D eigenvalue weighted by Gasteiger charge is -2.27. The molecule has 24 heavy (non-hydrogen) atoms. The third-order valence-corrected chi connectivity index (χ3v) is 3.97. The van der Waals surface area contributed by atoms with E-state index in [4.69, 9.17) is 9.47 Å². The fraction of sp³-hybridized carbons (Fsp3) is 0.556. The lowest BCUT2D eigenvalue weighted by atomic mass is 9.84. The molecule has 0 spiro atoms. The standard InChI is InChI=1S/C18H26N2O4/c1-4-5-16(21)19-11-17(22)20-12-18(2,3)13-6-7-14-15(10-13)24-9-8-23-14/h6-7,10H,4-5,8-9,11-12H2,1-3H3,(H,19,21)(H,20,22). The number of benzene rings is 1. The first-order valence-corrected chi connectivity index (χ1v) is 8.36. The van der Waals surface area contributed by atoms with Crippen molar-refractivity contribution in [3.05, 3.63) is 23.8 Å². The molecule has 1 heterocycles. The first kappa shape index (κ1) is 18.1. The zero-order valence-electron chi connectivity index (χ0n) is 14.6. The summed E-state index contributed by atoms with van der Waals surface area (Å²) in [6, 6.07) is 5.85. The molecular formula is C18H26N2O4. The Labute approximate surface area is 142 Å². The number of hydrogen-bond acceptors (Lipinski definition) is 4.